The summed E-state index contributed by atoms with van der Waals surface area (Å²) in [5, 5.41) is 6.13. The van der Waals surface area contributed by atoms with Crippen LogP contribution < -0.4 is 10.6 Å². The molecule has 1 aromatic rings. The Kier molecular flexibility index (Phi) is 6.03. The molecule has 1 atom stereocenters. The zero-order valence-corrected chi connectivity index (χ0v) is 12.5. The molecule has 0 fully saturated rings. The fourth-order valence-corrected chi connectivity index (χ4v) is 1.93. The first-order chi connectivity index (χ1) is 8.88. The van der Waals surface area contributed by atoms with Gasteiger partial charge in [0.1, 0.15) is 0 Å². The molecule has 1 amide bonds. The third-order valence-electron chi connectivity index (χ3n) is 2.92. The van der Waals surface area contributed by atoms with Gasteiger partial charge in [-0.3, -0.25) is 4.79 Å². The number of carbonyl (C=O) groups excluding carboxylic acids is 1. The van der Waals surface area contributed by atoms with E-state index in [1.54, 1.807) is 0 Å². The van der Waals surface area contributed by atoms with Gasteiger partial charge < -0.3 is 10.6 Å². The Balaban J connectivity index is 2.19. The smallest absolute Gasteiger partial charge is 0.234 e. The van der Waals surface area contributed by atoms with E-state index in [1.807, 2.05) is 26.8 Å². The van der Waals surface area contributed by atoms with Crippen molar-refractivity contribution >= 4 is 5.91 Å². The molecule has 3 nitrogen and oxygen atoms in total. The summed E-state index contributed by atoms with van der Waals surface area (Å²) in [4.78, 5) is 11.6. The molecule has 0 bridgehead atoms. The average Bonchev–Trinajstić information content (AvgIpc) is 2.33. The van der Waals surface area contributed by atoms with Crippen molar-refractivity contribution in [2.75, 3.05) is 13.1 Å². The van der Waals surface area contributed by atoms with E-state index in [-0.39, 0.29) is 11.4 Å². The van der Waals surface area contributed by atoms with Gasteiger partial charge in [0.05, 0.1) is 6.54 Å². The third kappa shape index (κ3) is 6.97. The van der Waals surface area contributed by atoms with Crippen molar-refractivity contribution in [1.29, 1.82) is 0 Å². The van der Waals surface area contributed by atoms with Gasteiger partial charge in [0.25, 0.3) is 0 Å². The molecule has 1 aromatic carbocycles. The second-order valence-corrected chi connectivity index (χ2v) is 6.08. The second kappa shape index (κ2) is 7.29. The van der Waals surface area contributed by atoms with Crippen molar-refractivity contribution in [2.45, 2.75) is 45.6 Å². The van der Waals surface area contributed by atoms with E-state index in [0.717, 1.165) is 13.0 Å². The molecule has 0 saturated carbocycles. The Morgan fingerprint density at radius 1 is 1.21 bits per heavy atom. The van der Waals surface area contributed by atoms with Crippen molar-refractivity contribution in [2.24, 2.45) is 0 Å². The van der Waals surface area contributed by atoms with Crippen LogP contribution in [0.1, 0.15) is 45.6 Å². The van der Waals surface area contributed by atoms with Crippen molar-refractivity contribution < 1.29 is 4.79 Å². The first kappa shape index (κ1) is 15.7. The second-order valence-electron chi connectivity index (χ2n) is 6.08. The van der Waals surface area contributed by atoms with Gasteiger partial charge in [0, 0.05) is 5.54 Å². The number of rotatable bonds is 6. The molecule has 0 spiro atoms. The Hall–Kier alpha value is -1.35. The molecular weight excluding hydrogens is 236 g/mol. The minimum Gasteiger partial charge on any atom is -0.350 e. The van der Waals surface area contributed by atoms with Gasteiger partial charge in [-0.15, -0.1) is 0 Å². The van der Waals surface area contributed by atoms with Crippen molar-refractivity contribution in [3.8, 4) is 0 Å². The Bertz CT molecular complexity index is 381. The molecule has 0 aliphatic heterocycles. The molecule has 106 valence electrons. The standard InChI is InChI=1S/C16H26N2O/c1-13(14-8-6-5-7-9-14)10-11-17-12-15(19)18-16(2,3)4/h5-9,13,17H,10-12H2,1-4H3,(H,18,19). The first-order valence-electron chi connectivity index (χ1n) is 6.95. The van der Waals surface area contributed by atoms with Crippen molar-refractivity contribution in [1.82, 2.24) is 10.6 Å². The molecule has 0 aliphatic carbocycles. The van der Waals surface area contributed by atoms with E-state index in [0.29, 0.717) is 12.5 Å². The molecular formula is C16H26N2O. The Morgan fingerprint density at radius 3 is 2.42 bits per heavy atom. The SMILES string of the molecule is CC(CCNCC(=O)NC(C)(C)C)c1ccccc1. The summed E-state index contributed by atoms with van der Waals surface area (Å²) < 4.78 is 0. The maximum atomic E-state index is 11.6. The van der Waals surface area contributed by atoms with E-state index in [2.05, 4.69) is 41.8 Å². The lowest BCUT2D eigenvalue weighted by molar-refractivity contribution is -0.121. The number of benzene rings is 1. The van der Waals surface area contributed by atoms with E-state index < -0.39 is 0 Å². The fourth-order valence-electron chi connectivity index (χ4n) is 1.93. The highest BCUT2D eigenvalue weighted by Gasteiger charge is 2.13. The summed E-state index contributed by atoms with van der Waals surface area (Å²) in [5.41, 5.74) is 1.19. The Morgan fingerprint density at radius 2 is 1.84 bits per heavy atom. The average molecular weight is 262 g/mol. The van der Waals surface area contributed by atoms with Gasteiger partial charge in [-0.2, -0.15) is 0 Å². The highest BCUT2D eigenvalue weighted by atomic mass is 16.2. The molecule has 1 unspecified atom stereocenters. The van der Waals surface area contributed by atoms with Crippen LogP contribution in [0.5, 0.6) is 0 Å². The minimum atomic E-state index is -0.157. The minimum absolute atomic E-state index is 0.0554. The highest BCUT2D eigenvalue weighted by Crippen LogP contribution is 2.17. The predicted octanol–water partition coefficient (Wildman–Crippen LogP) is 2.68. The predicted molar refractivity (Wildman–Crippen MR) is 80.2 cm³/mol. The largest absolute Gasteiger partial charge is 0.350 e. The molecule has 1 rings (SSSR count). The van der Waals surface area contributed by atoms with Gasteiger partial charge in [-0.05, 0) is 45.2 Å². The van der Waals surface area contributed by atoms with Crippen molar-refractivity contribution in [3.63, 3.8) is 0 Å². The van der Waals surface area contributed by atoms with Crippen LogP contribution in [-0.2, 0) is 4.79 Å². The lowest BCUT2D eigenvalue weighted by Crippen LogP contribution is -2.45. The first-order valence-corrected chi connectivity index (χ1v) is 6.95. The highest BCUT2D eigenvalue weighted by molar-refractivity contribution is 5.78. The molecule has 0 aliphatic rings. The molecule has 0 aromatic heterocycles. The Labute approximate surface area is 116 Å². The lowest BCUT2D eigenvalue weighted by atomic mass is 9.98. The van der Waals surface area contributed by atoms with Gasteiger partial charge in [-0.25, -0.2) is 0 Å². The van der Waals surface area contributed by atoms with Gasteiger partial charge in [-0.1, -0.05) is 37.3 Å². The number of carbonyl (C=O) groups is 1. The topological polar surface area (TPSA) is 41.1 Å². The molecule has 19 heavy (non-hydrogen) atoms. The number of amides is 1. The molecule has 0 saturated heterocycles. The maximum absolute atomic E-state index is 11.6. The van der Waals surface area contributed by atoms with Gasteiger partial charge in [0.2, 0.25) is 5.91 Å². The third-order valence-corrected chi connectivity index (χ3v) is 2.92. The molecule has 0 radical (unpaired) electrons. The summed E-state index contributed by atoms with van der Waals surface area (Å²) in [7, 11) is 0. The number of nitrogens with one attached hydrogen (secondary N) is 2. The van der Waals surface area contributed by atoms with Crippen LogP contribution in [0.2, 0.25) is 0 Å². The van der Waals surface area contributed by atoms with Crippen LogP contribution in [0, 0.1) is 0 Å². The zero-order chi connectivity index (χ0) is 14.3. The van der Waals surface area contributed by atoms with Crippen LogP contribution in [0.25, 0.3) is 0 Å². The molecule has 3 heteroatoms. The lowest BCUT2D eigenvalue weighted by Gasteiger charge is -2.20. The normalized spacial score (nSPS) is 13.1. The number of hydrogen-bond acceptors (Lipinski definition) is 2. The summed E-state index contributed by atoms with van der Waals surface area (Å²) in [5.74, 6) is 0.569. The van der Waals surface area contributed by atoms with E-state index in [9.17, 15) is 4.79 Å². The van der Waals surface area contributed by atoms with Crippen LogP contribution in [0.4, 0.5) is 0 Å². The van der Waals surface area contributed by atoms with Crippen LogP contribution >= 0.6 is 0 Å². The monoisotopic (exact) mass is 262 g/mol. The van der Waals surface area contributed by atoms with Crippen LogP contribution in [-0.4, -0.2) is 24.5 Å². The maximum Gasteiger partial charge on any atom is 0.234 e. The van der Waals surface area contributed by atoms with Gasteiger partial charge >= 0.3 is 0 Å². The quantitative estimate of drug-likeness (QED) is 0.774. The van der Waals surface area contributed by atoms with E-state index in [4.69, 9.17) is 0 Å². The molecule has 0 heterocycles. The summed E-state index contributed by atoms with van der Waals surface area (Å²) in [6.07, 6.45) is 1.03. The summed E-state index contributed by atoms with van der Waals surface area (Å²) >= 11 is 0. The number of hydrogen-bond donors (Lipinski definition) is 2. The summed E-state index contributed by atoms with van der Waals surface area (Å²) in [6.45, 7) is 9.42. The zero-order valence-electron chi connectivity index (χ0n) is 12.5. The van der Waals surface area contributed by atoms with Gasteiger partial charge in [0.15, 0.2) is 0 Å². The van der Waals surface area contributed by atoms with E-state index >= 15 is 0 Å². The van der Waals surface area contributed by atoms with E-state index in [1.165, 1.54) is 5.56 Å². The van der Waals surface area contributed by atoms with Crippen LogP contribution in [0.3, 0.4) is 0 Å². The molecule has 2 N–H and O–H groups in total. The van der Waals surface area contributed by atoms with Crippen molar-refractivity contribution in [3.05, 3.63) is 35.9 Å². The van der Waals surface area contributed by atoms with Crippen LogP contribution in [0.15, 0.2) is 30.3 Å². The fraction of sp³-hybridized carbons (Fsp3) is 0.562. The summed E-state index contributed by atoms with van der Waals surface area (Å²) in [6, 6.07) is 10.5.